The van der Waals surface area contributed by atoms with Gasteiger partial charge < -0.3 is 24.9 Å². The molecule has 0 amide bonds. The van der Waals surface area contributed by atoms with E-state index < -0.39 is 18.0 Å². The van der Waals surface area contributed by atoms with E-state index in [1.807, 2.05) is 0 Å². The molecule has 0 aliphatic heterocycles. The molecule has 0 radical (unpaired) electrons. The van der Waals surface area contributed by atoms with E-state index in [0.717, 1.165) is 0 Å². The summed E-state index contributed by atoms with van der Waals surface area (Å²) in [6.45, 7) is 0. The van der Waals surface area contributed by atoms with Crippen molar-refractivity contribution >= 4 is 49.7 Å². The monoisotopic (exact) mass is 200 g/mol. The van der Waals surface area contributed by atoms with Gasteiger partial charge in [0.25, 0.3) is 0 Å². The zero-order chi connectivity index (χ0) is 8.85. The van der Waals surface area contributed by atoms with Crippen LogP contribution in [0.1, 0.15) is 19.3 Å². The normalized spacial score (nSPS) is 11.4. The number of rotatable bonds is 5. The van der Waals surface area contributed by atoms with Crippen molar-refractivity contribution in [2.24, 2.45) is 0 Å². The minimum absolute atomic E-state index is 0. The molecule has 12 heavy (non-hydrogen) atoms. The second kappa shape index (κ2) is 7.79. The van der Waals surface area contributed by atoms with Crippen LogP contribution in [0, 0.1) is 0 Å². The molecule has 6 heteroatoms. The van der Waals surface area contributed by atoms with Crippen LogP contribution in [0.5, 0.6) is 0 Å². The van der Waals surface area contributed by atoms with Crippen LogP contribution in [0.2, 0.25) is 0 Å². The van der Waals surface area contributed by atoms with E-state index in [9.17, 15) is 19.8 Å². The summed E-state index contributed by atoms with van der Waals surface area (Å²) < 4.78 is 0. The van der Waals surface area contributed by atoms with Crippen molar-refractivity contribution in [3.63, 3.8) is 0 Å². The van der Waals surface area contributed by atoms with Gasteiger partial charge in [0.1, 0.15) is 0 Å². The third-order valence-electron chi connectivity index (χ3n) is 1.13. The van der Waals surface area contributed by atoms with Crippen molar-refractivity contribution in [1.82, 2.24) is 0 Å². The van der Waals surface area contributed by atoms with Crippen molar-refractivity contribution in [1.29, 1.82) is 0 Å². The van der Waals surface area contributed by atoms with Crippen molar-refractivity contribution in [2.45, 2.75) is 25.4 Å². The topological polar surface area (TPSA) is 100 Å². The molecule has 1 atom stereocenters. The Morgan fingerprint density at radius 1 is 1.33 bits per heavy atom. The van der Waals surface area contributed by atoms with Gasteiger partial charge in [-0.2, -0.15) is 0 Å². The van der Waals surface area contributed by atoms with Crippen LogP contribution < -0.4 is 10.2 Å². The van der Waals surface area contributed by atoms with Gasteiger partial charge in [-0.3, -0.25) is 0 Å². The molecule has 5 nitrogen and oxygen atoms in total. The molecule has 0 aromatic rings. The van der Waals surface area contributed by atoms with Crippen LogP contribution in [0.3, 0.4) is 0 Å². The standard InChI is InChI=1S/C6H10O5.Ca/c7-4(6(10)11)2-1-3-5(8)9;/h4,7H,1-3H2,(H,8,9)(H,10,11);/q;+2/p-2. The molecule has 1 N–H and O–H groups in total. The van der Waals surface area contributed by atoms with E-state index in [0.29, 0.717) is 0 Å². The van der Waals surface area contributed by atoms with Gasteiger partial charge in [0, 0.05) is 5.97 Å². The summed E-state index contributed by atoms with van der Waals surface area (Å²) >= 11 is 0. The number of aliphatic carboxylic acids is 2. The molecule has 0 saturated carbocycles. The Balaban J connectivity index is 0. The first-order valence-electron chi connectivity index (χ1n) is 3.13. The second-order valence-corrected chi connectivity index (χ2v) is 2.10. The van der Waals surface area contributed by atoms with Crippen LogP contribution in [-0.4, -0.2) is 60.9 Å². The predicted octanol–water partition coefficient (Wildman–Crippen LogP) is -3.36. The molecule has 0 bridgehead atoms. The van der Waals surface area contributed by atoms with Crippen LogP contribution >= 0.6 is 0 Å². The first-order valence-corrected chi connectivity index (χ1v) is 3.13. The van der Waals surface area contributed by atoms with Gasteiger partial charge in [0.15, 0.2) is 0 Å². The molecular weight excluding hydrogens is 192 g/mol. The number of carboxylic acids is 2. The van der Waals surface area contributed by atoms with Gasteiger partial charge in [-0.15, -0.1) is 0 Å². The van der Waals surface area contributed by atoms with Gasteiger partial charge >= 0.3 is 37.7 Å². The summed E-state index contributed by atoms with van der Waals surface area (Å²) in [6, 6.07) is 0. The summed E-state index contributed by atoms with van der Waals surface area (Å²) in [5.74, 6) is -2.83. The van der Waals surface area contributed by atoms with Crippen LogP contribution in [0.4, 0.5) is 0 Å². The second-order valence-electron chi connectivity index (χ2n) is 2.10. The Morgan fingerprint density at radius 2 is 1.83 bits per heavy atom. The third-order valence-corrected chi connectivity index (χ3v) is 1.13. The van der Waals surface area contributed by atoms with Gasteiger partial charge in [-0.25, -0.2) is 0 Å². The first kappa shape index (κ1) is 14.7. The van der Waals surface area contributed by atoms with E-state index in [1.165, 1.54) is 0 Å². The fraction of sp³-hybridized carbons (Fsp3) is 0.667. The maximum absolute atomic E-state index is 9.85. The van der Waals surface area contributed by atoms with Crippen LogP contribution in [0.25, 0.3) is 0 Å². The van der Waals surface area contributed by atoms with Crippen molar-refractivity contribution in [3.05, 3.63) is 0 Å². The largest absolute Gasteiger partial charge is 2.00 e. The fourth-order valence-corrected chi connectivity index (χ4v) is 0.558. The Bertz CT molecular complexity index is 158. The van der Waals surface area contributed by atoms with Crippen LogP contribution in [0.15, 0.2) is 0 Å². The molecule has 0 rings (SSSR count). The smallest absolute Gasteiger partial charge is 0.550 e. The van der Waals surface area contributed by atoms with Crippen molar-refractivity contribution in [3.8, 4) is 0 Å². The number of aliphatic hydroxyl groups excluding tert-OH is 1. The summed E-state index contributed by atoms with van der Waals surface area (Å²) in [5.41, 5.74) is 0. The van der Waals surface area contributed by atoms with Gasteiger partial charge in [0.2, 0.25) is 0 Å². The Kier molecular flexibility index (Phi) is 9.52. The summed E-state index contributed by atoms with van der Waals surface area (Å²) in [6.07, 6.45) is -1.85. The number of carbonyl (C=O) groups is 2. The maximum atomic E-state index is 9.85. The quantitative estimate of drug-likeness (QED) is 0.467. The maximum Gasteiger partial charge on any atom is 2.00 e. The minimum Gasteiger partial charge on any atom is -0.550 e. The molecule has 0 fully saturated rings. The Hall–Kier alpha value is 0.160. The van der Waals surface area contributed by atoms with E-state index in [1.54, 1.807) is 0 Å². The predicted molar refractivity (Wildman–Crippen MR) is 35.6 cm³/mol. The van der Waals surface area contributed by atoms with Gasteiger partial charge in [-0.05, 0) is 19.3 Å². The first-order chi connectivity index (χ1) is 5.04. The molecule has 0 saturated heterocycles. The number of carbonyl (C=O) groups excluding carboxylic acids is 2. The zero-order valence-electron chi connectivity index (χ0n) is 6.49. The van der Waals surface area contributed by atoms with E-state index >= 15 is 0 Å². The van der Waals surface area contributed by atoms with E-state index in [2.05, 4.69) is 0 Å². The summed E-state index contributed by atoms with van der Waals surface area (Å²) in [5, 5.41) is 28.2. The molecule has 0 spiro atoms. The minimum atomic E-state index is -1.58. The van der Waals surface area contributed by atoms with Gasteiger partial charge in [0.05, 0.1) is 12.1 Å². The summed E-state index contributed by atoms with van der Waals surface area (Å²) in [7, 11) is 0. The van der Waals surface area contributed by atoms with Crippen molar-refractivity contribution < 1.29 is 24.9 Å². The average Bonchev–Trinajstić information content (AvgIpc) is 1.86. The zero-order valence-corrected chi connectivity index (χ0v) is 8.69. The Morgan fingerprint density at radius 3 is 2.17 bits per heavy atom. The fourth-order valence-electron chi connectivity index (χ4n) is 0.558. The SMILES string of the molecule is O=C([O-])CCCC(O)C(=O)[O-].[Ca+2]. The average molecular weight is 200 g/mol. The van der Waals surface area contributed by atoms with E-state index in [4.69, 9.17) is 5.11 Å². The number of aliphatic hydroxyl groups is 1. The molecule has 0 aromatic heterocycles. The molecule has 64 valence electrons. The van der Waals surface area contributed by atoms with E-state index in [-0.39, 0.29) is 57.0 Å². The molecular formula is C6H8CaO5. The Labute approximate surface area is 99.4 Å². The number of hydrogen-bond donors (Lipinski definition) is 1. The molecule has 0 aliphatic rings. The molecule has 0 heterocycles. The van der Waals surface area contributed by atoms with Crippen molar-refractivity contribution in [2.75, 3.05) is 0 Å². The summed E-state index contributed by atoms with van der Waals surface area (Å²) in [4.78, 5) is 19.6. The molecule has 0 aromatic carbocycles. The number of carboxylic acid groups (broad SMARTS) is 2. The molecule has 1 unspecified atom stereocenters. The van der Waals surface area contributed by atoms with Crippen LogP contribution in [-0.2, 0) is 9.59 Å². The third kappa shape index (κ3) is 8.26. The number of hydrogen-bond acceptors (Lipinski definition) is 5. The van der Waals surface area contributed by atoms with Gasteiger partial charge in [-0.1, -0.05) is 0 Å². The molecule has 0 aliphatic carbocycles.